The third kappa shape index (κ3) is 2.67. The molecule has 0 aromatic rings. The number of hydrogen-bond donors (Lipinski definition) is 1. The van der Waals surface area contributed by atoms with Gasteiger partial charge in [-0.3, -0.25) is 0 Å². The summed E-state index contributed by atoms with van der Waals surface area (Å²) in [6, 6.07) is 0.487. The summed E-state index contributed by atoms with van der Waals surface area (Å²) in [5.41, 5.74) is -0.392. The topological polar surface area (TPSA) is 41.6 Å². The summed E-state index contributed by atoms with van der Waals surface area (Å²) in [6.07, 6.45) is 2.20. The highest BCUT2D eigenvalue weighted by Gasteiger charge is 2.35. The van der Waals surface area contributed by atoms with Crippen LogP contribution < -0.4 is 5.32 Å². The van der Waals surface area contributed by atoms with Crippen molar-refractivity contribution in [3.63, 3.8) is 0 Å². The maximum absolute atomic E-state index is 11.9. The SMILES string of the molecule is CC(C)(C)OC(=O)N1CCC2CCNC2C1. The third-order valence-electron chi connectivity index (χ3n) is 3.33. The number of ether oxygens (including phenoxy) is 1. The molecular formula is C12H22N2O2. The van der Waals surface area contributed by atoms with E-state index in [1.54, 1.807) is 0 Å². The zero-order valence-corrected chi connectivity index (χ0v) is 10.5. The summed E-state index contributed by atoms with van der Waals surface area (Å²) in [5.74, 6) is 0.763. The van der Waals surface area contributed by atoms with E-state index in [1.165, 1.54) is 6.42 Å². The zero-order valence-electron chi connectivity index (χ0n) is 10.5. The fraction of sp³-hybridized carbons (Fsp3) is 0.917. The number of carbonyl (C=O) groups is 1. The number of amides is 1. The number of likely N-dealkylation sites (tertiary alicyclic amines) is 1. The van der Waals surface area contributed by atoms with Crippen molar-refractivity contribution in [2.45, 2.75) is 45.3 Å². The first-order valence-corrected chi connectivity index (χ1v) is 6.17. The van der Waals surface area contributed by atoms with E-state index >= 15 is 0 Å². The van der Waals surface area contributed by atoms with Gasteiger partial charge in [-0.25, -0.2) is 4.79 Å². The Morgan fingerprint density at radius 1 is 1.38 bits per heavy atom. The summed E-state index contributed by atoms with van der Waals surface area (Å²) >= 11 is 0. The van der Waals surface area contributed by atoms with Crippen LogP contribution in [0.2, 0.25) is 0 Å². The van der Waals surface area contributed by atoms with Crippen LogP contribution in [0, 0.1) is 5.92 Å². The zero-order chi connectivity index (χ0) is 11.8. The van der Waals surface area contributed by atoms with Crippen LogP contribution in [0.5, 0.6) is 0 Å². The van der Waals surface area contributed by atoms with Crippen molar-refractivity contribution in [3.8, 4) is 0 Å². The van der Waals surface area contributed by atoms with Gasteiger partial charge in [0.25, 0.3) is 0 Å². The van der Waals surface area contributed by atoms with Gasteiger partial charge in [-0.2, -0.15) is 0 Å². The summed E-state index contributed by atoms with van der Waals surface area (Å²) in [7, 11) is 0. The number of fused-ring (bicyclic) bond motifs is 1. The number of carbonyl (C=O) groups excluding carboxylic acids is 1. The molecule has 0 aliphatic carbocycles. The molecule has 0 radical (unpaired) electrons. The van der Waals surface area contributed by atoms with Crippen molar-refractivity contribution in [3.05, 3.63) is 0 Å². The Balaban J connectivity index is 1.89. The van der Waals surface area contributed by atoms with Crippen LogP contribution in [-0.4, -0.2) is 42.3 Å². The molecule has 4 heteroatoms. The molecule has 0 bridgehead atoms. The minimum atomic E-state index is -0.392. The second kappa shape index (κ2) is 4.24. The number of hydrogen-bond acceptors (Lipinski definition) is 3. The molecule has 0 aromatic carbocycles. The first kappa shape index (κ1) is 11.7. The van der Waals surface area contributed by atoms with E-state index in [9.17, 15) is 4.79 Å². The lowest BCUT2D eigenvalue weighted by Crippen LogP contribution is -2.50. The minimum Gasteiger partial charge on any atom is -0.444 e. The Labute approximate surface area is 97.3 Å². The smallest absolute Gasteiger partial charge is 0.410 e. The molecule has 0 aromatic heterocycles. The highest BCUT2D eigenvalue weighted by molar-refractivity contribution is 5.68. The van der Waals surface area contributed by atoms with Crippen molar-refractivity contribution < 1.29 is 9.53 Å². The first-order chi connectivity index (χ1) is 7.46. The third-order valence-corrected chi connectivity index (χ3v) is 3.33. The van der Waals surface area contributed by atoms with Gasteiger partial charge in [0.1, 0.15) is 5.60 Å². The summed E-state index contributed by atoms with van der Waals surface area (Å²) in [5, 5.41) is 3.46. The van der Waals surface area contributed by atoms with Gasteiger partial charge in [-0.15, -0.1) is 0 Å². The monoisotopic (exact) mass is 226 g/mol. The molecule has 2 fully saturated rings. The Kier molecular flexibility index (Phi) is 3.10. The van der Waals surface area contributed by atoms with Crippen molar-refractivity contribution in [1.29, 1.82) is 0 Å². The van der Waals surface area contributed by atoms with Gasteiger partial charge in [-0.05, 0) is 46.1 Å². The van der Waals surface area contributed by atoms with Crippen molar-refractivity contribution in [2.24, 2.45) is 5.92 Å². The molecule has 2 atom stereocenters. The van der Waals surface area contributed by atoms with E-state index in [0.717, 1.165) is 32.0 Å². The van der Waals surface area contributed by atoms with Gasteiger partial charge in [0, 0.05) is 19.1 Å². The van der Waals surface area contributed by atoms with Crippen molar-refractivity contribution >= 4 is 6.09 Å². The van der Waals surface area contributed by atoms with E-state index in [4.69, 9.17) is 4.74 Å². The maximum atomic E-state index is 11.9. The largest absolute Gasteiger partial charge is 0.444 e. The standard InChI is InChI=1S/C12H22N2O2/c1-12(2,3)16-11(15)14-7-5-9-4-6-13-10(9)8-14/h9-10,13H,4-8H2,1-3H3. The quantitative estimate of drug-likeness (QED) is 0.682. The molecular weight excluding hydrogens is 204 g/mol. The second-order valence-electron chi connectivity index (χ2n) is 5.82. The van der Waals surface area contributed by atoms with E-state index in [1.807, 2.05) is 25.7 Å². The van der Waals surface area contributed by atoms with Gasteiger partial charge in [0.05, 0.1) is 0 Å². The molecule has 4 nitrogen and oxygen atoms in total. The average molecular weight is 226 g/mol. The average Bonchev–Trinajstić information content (AvgIpc) is 2.61. The predicted molar refractivity (Wildman–Crippen MR) is 62.3 cm³/mol. The molecule has 2 heterocycles. The minimum absolute atomic E-state index is 0.167. The van der Waals surface area contributed by atoms with Crippen LogP contribution in [0.4, 0.5) is 4.79 Å². The van der Waals surface area contributed by atoms with Gasteiger partial charge < -0.3 is 15.0 Å². The van der Waals surface area contributed by atoms with Gasteiger partial charge in [0.15, 0.2) is 0 Å². The molecule has 0 saturated carbocycles. The van der Waals surface area contributed by atoms with E-state index in [2.05, 4.69) is 5.32 Å². The van der Waals surface area contributed by atoms with Gasteiger partial charge in [-0.1, -0.05) is 0 Å². The lowest BCUT2D eigenvalue weighted by atomic mass is 9.93. The molecule has 2 aliphatic heterocycles. The number of nitrogens with zero attached hydrogens (tertiary/aromatic N) is 1. The fourth-order valence-electron chi connectivity index (χ4n) is 2.52. The number of piperidine rings is 1. The summed E-state index contributed by atoms with van der Waals surface area (Å²) < 4.78 is 5.38. The lowest BCUT2D eigenvalue weighted by molar-refractivity contribution is 0.0164. The maximum Gasteiger partial charge on any atom is 0.410 e. The van der Waals surface area contributed by atoms with Crippen LogP contribution in [0.15, 0.2) is 0 Å². The Morgan fingerprint density at radius 2 is 2.12 bits per heavy atom. The Bertz CT molecular complexity index is 273. The van der Waals surface area contributed by atoms with Gasteiger partial charge in [0.2, 0.25) is 0 Å². The first-order valence-electron chi connectivity index (χ1n) is 6.17. The second-order valence-corrected chi connectivity index (χ2v) is 5.82. The van der Waals surface area contributed by atoms with Gasteiger partial charge >= 0.3 is 6.09 Å². The molecule has 0 spiro atoms. The summed E-state index contributed by atoms with van der Waals surface area (Å²) in [6.45, 7) is 8.47. The number of rotatable bonds is 0. The van der Waals surface area contributed by atoms with E-state index < -0.39 is 5.60 Å². The predicted octanol–water partition coefficient (Wildman–Crippen LogP) is 1.61. The Hall–Kier alpha value is -0.770. The van der Waals surface area contributed by atoms with Crippen LogP contribution in [0.1, 0.15) is 33.6 Å². The van der Waals surface area contributed by atoms with Crippen LogP contribution >= 0.6 is 0 Å². The molecule has 2 rings (SSSR count). The van der Waals surface area contributed by atoms with Crippen LogP contribution in [-0.2, 0) is 4.74 Å². The van der Waals surface area contributed by atoms with Crippen LogP contribution in [0.3, 0.4) is 0 Å². The lowest BCUT2D eigenvalue weighted by Gasteiger charge is -2.35. The molecule has 2 saturated heterocycles. The van der Waals surface area contributed by atoms with Crippen LogP contribution in [0.25, 0.3) is 0 Å². The molecule has 2 unspecified atom stereocenters. The van der Waals surface area contributed by atoms with Crippen molar-refractivity contribution in [1.82, 2.24) is 10.2 Å². The highest BCUT2D eigenvalue weighted by atomic mass is 16.6. The molecule has 1 amide bonds. The highest BCUT2D eigenvalue weighted by Crippen LogP contribution is 2.25. The molecule has 92 valence electrons. The van der Waals surface area contributed by atoms with Crippen molar-refractivity contribution in [2.75, 3.05) is 19.6 Å². The van der Waals surface area contributed by atoms with E-state index in [0.29, 0.717) is 6.04 Å². The Morgan fingerprint density at radius 3 is 2.81 bits per heavy atom. The normalized spacial score (nSPS) is 30.1. The fourth-order valence-corrected chi connectivity index (χ4v) is 2.52. The summed E-state index contributed by atoms with van der Waals surface area (Å²) in [4.78, 5) is 13.7. The molecule has 1 N–H and O–H groups in total. The van der Waals surface area contributed by atoms with E-state index in [-0.39, 0.29) is 6.09 Å². The molecule has 2 aliphatic rings. The number of nitrogens with one attached hydrogen (secondary N) is 1. The molecule has 16 heavy (non-hydrogen) atoms.